The topological polar surface area (TPSA) is 76.4 Å². The van der Waals surface area contributed by atoms with Crippen molar-refractivity contribution in [2.75, 3.05) is 7.11 Å². The molecule has 2 N–H and O–H groups in total. The molecule has 0 bridgehead atoms. The van der Waals surface area contributed by atoms with Crippen molar-refractivity contribution in [2.45, 2.75) is 32.9 Å². The first-order valence-corrected chi connectivity index (χ1v) is 7.25. The van der Waals surface area contributed by atoms with Crippen molar-refractivity contribution in [3.05, 3.63) is 46.4 Å². The fourth-order valence-corrected chi connectivity index (χ4v) is 1.93. The molecule has 0 fully saturated rings. The molecule has 6 nitrogen and oxygen atoms in total. The van der Waals surface area contributed by atoms with E-state index < -0.39 is 0 Å². The summed E-state index contributed by atoms with van der Waals surface area (Å²) in [5.41, 5.74) is 0.682. The highest BCUT2D eigenvalue weighted by Crippen LogP contribution is 2.15. The lowest BCUT2D eigenvalue weighted by molar-refractivity contribution is 0.414. The maximum Gasteiger partial charge on any atom is 0.275 e. The summed E-state index contributed by atoms with van der Waals surface area (Å²) in [4.78, 5) is 12.0. The summed E-state index contributed by atoms with van der Waals surface area (Å²) in [5, 5.41) is 17.4. The molecule has 2 aromatic rings. The molecule has 1 aromatic carbocycles. The first-order chi connectivity index (χ1) is 10.5. The molecule has 0 spiro atoms. The Bertz CT molecular complexity index is 680. The van der Waals surface area contributed by atoms with Crippen molar-refractivity contribution < 1.29 is 9.84 Å². The van der Waals surface area contributed by atoms with Crippen LogP contribution in [0.2, 0.25) is 0 Å². The summed E-state index contributed by atoms with van der Waals surface area (Å²) >= 11 is 0. The number of aromatic nitrogens is 2. The second-order valence-electron chi connectivity index (χ2n) is 5.11. The molecule has 6 heteroatoms. The molecule has 1 aromatic heterocycles. The number of hydrogen-bond acceptors (Lipinski definition) is 5. The Labute approximate surface area is 129 Å². The van der Waals surface area contributed by atoms with Gasteiger partial charge in [-0.1, -0.05) is 6.92 Å². The quantitative estimate of drug-likeness (QED) is 0.851. The van der Waals surface area contributed by atoms with Crippen LogP contribution in [-0.4, -0.2) is 28.0 Å². The number of ether oxygens (including phenoxy) is 1. The smallest absolute Gasteiger partial charge is 0.275 e. The highest BCUT2D eigenvalue weighted by molar-refractivity contribution is 5.37. The van der Waals surface area contributed by atoms with Crippen molar-refractivity contribution >= 4 is 0 Å². The van der Waals surface area contributed by atoms with Crippen molar-refractivity contribution in [2.24, 2.45) is 0 Å². The molecular formula is C16H21N3O3. The number of nitrogens with one attached hydrogen (secondary N) is 1. The predicted molar refractivity (Wildman–Crippen MR) is 84.6 cm³/mol. The predicted octanol–water partition coefficient (Wildman–Crippen LogP) is 1.83. The van der Waals surface area contributed by atoms with Crippen LogP contribution >= 0.6 is 0 Å². The zero-order valence-electron chi connectivity index (χ0n) is 13.0. The van der Waals surface area contributed by atoms with Gasteiger partial charge in [0.25, 0.3) is 5.56 Å². The van der Waals surface area contributed by atoms with Gasteiger partial charge in [-0.25, -0.2) is 0 Å². The van der Waals surface area contributed by atoms with E-state index in [1.165, 1.54) is 10.7 Å². The van der Waals surface area contributed by atoms with Gasteiger partial charge >= 0.3 is 0 Å². The highest BCUT2D eigenvalue weighted by atomic mass is 16.5. The molecule has 2 rings (SSSR count). The Morgan fingerprint density at radius 2 is 2.05 bits per heavy atom. The minimum atomic E-state index is -0.380. The summed E-state index contributed by atoms with van der Waals surface area (Å²) in [5.74, 6) is 0.611. The van der Waals surface area contributed by atoms with Crippen LogP contribution in [0.3, 0.4) is 0 Å². The number of rotatable bonds is 6. The van der Waals surface area contributed by atoms with Crippen molar-refractivity contribution in [1.29, 1.82) is 0 Å². The van der Waals surface area contributed by atoms with Gasteiger partial charge in [0.1, 0.15) is 17.2 Å². The molecule has 0 aliphatic rings. The number of aromatic hydroxyl groups is 1. The van der Waals surface area contributed by atoms with E-state index in [9.17, 15) is 9.90 Å². The summed E-state index contributed by atoms with van der Waals surface area (Å²) in [6.07, 6.45) is 0.971. The third kappa shape index (κ3) is 3.65. The van der Waals surface area contributed by atoms with E-state index in [2.05, 4.69) is 24.3 Å². The molecule has 1 heterocycles. The largest absolute Gasteiger partial charge is 0.506 e. The lowest BCUT2D eigenvalue weighted by Gasteiger charge is -2.13. The second kappa shape index (κ2) is 7.09. The van der Waals surface area contributed by atoms with Crippen molar-refractivity contribution in [3.63, 3.8) is 0 Å². The molecule has 0 saturated heterocycles. The highest BCUT2D eigenvalue weighted by Gasteiger charge is 2.10. The van der Waals surface area contributed by atoms with E-state index in [-0.39, 0.29) is 11.3 Å². The van der Waals surface area contributed by atoms with E-state index >= 15 is 0 Å². The molecule has 1 unspecified atom stereocenters. The Morgan fingerprint density at radius 3 is 2.64 bits per heavy atom. The number of benzene rings is 1. The monoisotopic (exact) mass is 303 g/mol. The third-order valence-electron chi connectivity index (χ3n) is 3.53. The molecule has 118 valence electrons. The van der Waals surface area contributed by atoms with Gasteiger partial charge in [-0.3, -0.25) is 4.79 Å². The molecule has 0 radical (unpaired) electrons. The van der Waals surface area contributed by atoms with Crippen molar-refractivity contribution in [3.8, 4) is 17.2 Å². The van der Waals surface area contributed by atoms with Gasteiger partial charge in [0.05, 0.1) is 12.8 Å². The van der Waals surface area contributed by atoms with Crippen LogP contribution < -0.4 is 15.6 Å². The maximum absolute atomic E-state index is 12.0. The minimum Gasteiger partial charge on any atom is -0.506 e. The SMILES string of the molecule is CCC(C)NCc1nn(-c2ccc(OC)cc2)c(=O)cc1O. The van der Waals surface area contributed by atoms with Crippen LogP contribution in [-0.2, 0) is 6.54 Å². The summed E-state index contributed by atoms with van der Waals surface area (Å²) < 4.78 is 6.37. The van der Waals surface area contributed by atoms with Gasteiger partial charge in [0.2, 0.25) is 0 Å². The van der Waals surface area contributed by atoms with E-state index in [0.717, 1.165) is 6.42 Å². The fraction of sp³-hybridized carbons (Fsp3) is 0.375. The third-order valence-corrected chi connectivity index (χ3v) is 3.53. The summed E-state index contributed by atoms with van der Waals surface area (Å²) in [6.45, 7) is 4.52. The van der Waals surface area contributed by atoms with Crippen molar-refractivity contribution in [1.82, 2.24) is 15.1 Å². The van der Waals surface area contributed by atoms with Gasteiger partial charge in [0, 0.05) is 18.7 Å². The van der Waals surface area contributed by atoms with Crippen LogP contribution in [0.25, 0.3) is 5.69 Å². The van der Waals surface area contributed by atoms with E-state index in [1.807, 2.05) is 0 Å². The van der Waals surface area contributed by atoms with Gasteiger partial charge in [-0.15, -0.1) is 0 Å². The van der Waals surface area contributed by atoms with Crippen LogP contribution in [0.15, 0.2) is 35.1 Å². The second-order valence-corrected chi connectivity index (χ2v) is 5.11. The normalized spacial score (nSPS) is 12.1. The molecular weight excluding hydrogens is 282 g/mol. The fourth-order valence-electron chi connectivity index (χ4n) is 1.93. The van der Waals surface area contributed by atoms with Crippen LogP contribution in [0.4, 0.5) is 0 Å². The lowest BCUT2D eigenvalue weighted by Crippen LogP contribution is -2.28. The van der Waals surface area contributed by atoms with E-state index in [0.29, 0.717) is 29.7 Å². The summed E-state index contributed by atoms with van der Waals surface area (Å²) in [6, 6.07) is 8.50. The molecule has 22 heavy (non-hydrogen) atoms. The Morgan fingerprint density at radius 1 is 1.36 bits per heavy atom. The number of nitrogens with zero attached hydrogens (tertiary/aromatic N) is 2. The first kappa shape index (κ1) is 16.0. The zero-order valence-corrected chi connectivity index (χ0v) is 13.0. The summed E-state index contributed by atoms with van der Waals surface area (Å²) in [7, 11) is 1.58. The molecule has 0 aliphatic heterocycles. The van der Waals surface area contributed by atoms with E-state index in [1.54, 1.807) is 31.4 Å². The molecule has 0 aliphatic carbocycles. The van der Waals surface area contributed by atoms with Gasteiger partial charge in [0.15, 0.2) is 0 Å². The number of hydrogen-bond donors (Lipinski definition) is 2. The van der Waals surface area contributed by atoms with E-state index in [4.69, 9.17) is 4.74 Å². The Kier molecular flexibility index (Phi) is 5.16. The average molecular weight is 303 g/mol. The van der Waals surface area contributed by atoms with Crippen LogP contribution in [0.1, 0.15) is 26.0 Å². The Hall–Kier alpha value is -2.34. The molecule has 1 atom stereocenters. The lowest BCUT2D eigenvalue weighted by atomic mass is 10.2. The number of methoxy groups -OCH3 is 1. The minimum absolute atomic E-state index is 0.0921. The standard InChI is InChI=1S/C16H21N3O3/c1-4-11(2)17-10-14-15(20)9-16(21)19(18-14)12-5-7-13(22-3)8-6-12/h5-9,11,17,20H,4,10H2,1-3H3. The van der Waals surface area contributed by atoms with Gasteiger partial charge < -0.3 is 15.2 Å². The van der Waals surface area contributed by atoms with Gasteiger partial charge in [-0.2, -0.15) is 9.78 Å². The Balaban J connectivity index is 2.32. The average Bonchev–Trinajstić information content (AvgIpc) is 2.54. The van der Waals surface area contributed by atoms with Crippen LogP contribution in [0, 0.1) is 0 Å². The van der Waals surface area contributed by atoms with Crippen LogP contribution in [0.5, 0.6) is 11.5 Å². The maximum atomic E-state index is 12.0. The first-order valence-electron chi connectivity index (χ1n) is 7.25. The zero-order chi connectivity index (χ0) is 16.1. The molecule has 0 saturated carbocycles. The molecule has 0 amide bonds. The van der Waals surface area contributed by atoms with Gasteiger partial charge in [-0.05, 0) is 37.6 Å².